The lowest BCUT2D eigenvalue weighted by Gasteiger charge is -2.21. The van der Waals surface area contributed by atoms with Crippen LogP contribution in [0.4, 0.5) is 5.95 Å². The van der Waals surface area contributed by atoms with Gasteiger partial charge in [0.05, 0.1) is 18.9 Å². The zero-order valence-electron chi connectivity index (χ0n) is 14.5. The number of aromatic nitrogens is 2. The van der Waals surface area contributed by atoms with Crippen LogP contribution in [0.25, 0.3) is 0 Å². The Morgan fingerprint density at radius 2 is 2.04 bits per heavy atom. The summed E-state index contributed by atoms with van der Waals surface area (Å²) < 4.78 is 0. The molecule has 0 saturated heterocycles. The van der Waals surface area contributed by atoms with Gasteiger partial charge in [0, 0.05) is 32.0 Å². The number of hydrogen-bond acceptors (Lipinski definition) is 5. The first-order chi connectivity index (χ1) is 11.7. The molecule has 0 unspecified atom stereocenters. The minimum absolute atomic E-state index is 0.0132. The van der Waals surface area contributed by atoms with E-state index in [1.54, 1.807) is 17.3 Å². The Kier molecular flexibility index (Phi) is 7.47. The Bertz CT molecular complexity index is 546. The molecule has 0 spiro atoms. The molecular weight excluding hydrogens is 302 g/mol. The number of nitriles is 1. The van der Waals surface area contributed by atoms with E-state index < -0.39 is 0 Å². The summed E-state index contributed by atoms with van der Waals surface area (Å²) in [6, 6.07) is 2.07. The summed E-state index contributed by atoms with van der Waals surface area (Å²) in [4.78, 5) is 22.5. The van der Waals surface area contributed by atoms with E-state index in [2.05, 4.69) is 21.4 Å². The molecule has 24 heavy (non-hydrogen) atoms. The second kappa shape index (κ2) is 9.86. The van der Waals surface area contributed by atoms with Crippen molar-refractivity contribution in [2.75, 3.05) is 25.0 Å². The number of likely N-dealkylation sites (N-methyl/N-ethyl adjacent to an activating group) is 1. The molecule has 1 aliphatic rings. The molecule has 1 heterocycles. The van der Waals surface area contributed by atoms with Crippen LogP contribution >= 0.6 is 0 Å². The number of amides is 1. The summed E-state index contributed by atoms with van der Waals surface area (Å²) in [6.45, 7) is 3.94. The van der Waals surface area contributed by atoms with E-state index in [9.17, 15) is 4.79 Å². The molecule has 1 amide bonds. The Morgan fingerprint density at radius 3 is 2.67 bits per heavy atom. The first kappa shape index (κ1) is 18.2. The normalized spacial score (nSPS) is 14.8. The highest BCUT2D eigenvalue weighted by molar-refractivity contribution is 5.78. The Hall–Kier alpha value is -2.16. The van der Waals surface area contributed by atoms with Gasteiger partial charge < -0.3 is 10.2 Å². The van der Waals surface area contributed by atoms with Gasteiger partial charge in [0.15, 0.2) is 0 Å². The number of nitrogens with one attached hydrogen (secondary N) is 1. The summed E-state index contributed by atoms with van der Waals surface area (Å²) in [5, 5.41) is 11.9. The third-order valence-electron chi connectivity index (χ3n) is 4.56. The maximum atomic E-state index is 12.2. The highest BCUT2D eigenvalue weighted by atomic mass is 16.2. The standard InChI is InChI=1S/C18H27N5O/c1-2-23(10-6-9-19)17(24)11-16-13-21-18(22-14-16)20-12-15-7-4-3-5-8-15/h13-15H,2-8,10-12H2,1H3,(H,20,21,22). The van der Waals surface area contributed by atoms with Crippen molar-refractivity contribution in [3.05, 3.63) is 18.0 Å². The summed E-state index contributed by atoms with van der Waals surface area (Å²) in [5.74, 6) is 1.37. The number of nitrogens with zero attached hydrogens (tertiary/aromatic N) is 4. The van der Waals surface area contributed by atoms with Gasteiger partial charge in [-0.3, -0.25) is 4.79 Å². The maximum Gasteiger partial charge on any atom is 0.227 e. The smallest absolute Gasteiger partial charge is 0.227 e. The Labute approximate surface area is 144 Å². The number of carbonyl (C=O) groups is 1. The van der Waals surface area contributed by atoms with E-state index in [0.717, 1.165) is 18.0 Å². The quantitative estimate of drug-likeness (QED) is 0.793. The van der Waals surface area contributed by atoms with Crippen LogP contribution in [-0.4, -0.2) is 40.4 Å². The number of rotatable bonds is 8. The van der Waals surface area contributed by atoms with Crippen molar-refractivity contribution in [3.8, 4) is 6.07 Å². The molecule has 1 saturated carbocycles. The van der Waals surface area contributed by atoms with Gasteiger partial charge in [0.1, 0.15) is 0 Å². The van der Waals surface area contributed by atoms with Crippen molar-refractivity contribution in [2.24, 2.45) is 5.92 Å². The topological polar surface area (TPSA) is 81.9 Å². The molecule has 6 heteroatoms. The Morgan fingerprint density at radius 1 is 1.33 bits per heavy atom. The summed E-state index contributed by atoms with van der Waals surface area (Å²) >= 11 is 0. The predicted molar refractivity (Wildman–Crippen MR) is 93.3 cm³/mol. The number of hydrogen-bond donors (Lipinski definition) is 1. The molecule has 1 aliphatic carbocycles. The van der Waals surface area contributed by atoms with Crippen molar-refractivity contribution in [3.63, 3.8) is 0 Å². The van der Waals surface area contributed by atoms with Crippen molar-refractivity contribution in [2.45, 2.75) is 51.9 Å². The molecule has 1 fully saturated rings. The second-order valence-corrected chi connectivity index (χ2v) is 6.36. The van der Waals surface area contributed by atoms with Crippen LogP contribution in [0.2, 0.25) is 0 Å². The zero-order valence-corrected chi connectivity index (χ0v) is 14.5. The van der Waals surface area contributed by atoms with E-state index in [1.165, 1.54) is 32.1 Å². The second-order valence-electron chi connectivity index (χ2n) is 6.36. The van der Waals surface area contributed by atoms with Gasteiger partial charge in [-0.25, -0.2) is 9.97 Å². The fraction of sp³-hybridized carbons (Fsp3) is 0.667. The average Bonchev–Trinajstić information content (AvgIpc) is 2.62. The van der Waals surface area contributed by atoms with E-state index in [4.69, 9.17) is 5.26 Å². The monoisotopic (exact) mass is 329 g/mol. The molecule has 1 aromatic heterocycles. The number of carbonyl (C=O) groups excluding carboxylic acids is 1. The van der Waals surface area contributed by atoms with Crippen LogP contribution in [0.5, 0.6) is 0 Å². The van der Waals surface area contributed by atoms with Gasteiger partial charge in [-0.1, -0.05) is 19.3 Å². The van der Waals surface area contributed by atoms with Crippen molar-refractivity contribution in [1.29, 1.82) is 5.26 Å². The summed E-state index contributed by atoms with van der Waals surface area (Å²) in [7, 11) is 0. The van der Waals surface area contributed by atoms with Crippen LogP contribution in [0.3, 0.4) is 0 Å². The summed E-state index contributed by atoms with van der Waals surface area (Å²) in [6.07, 6.45) is 10.7. The first-order valence-corrected chi connectivity index (χ1v) is 8.92. The van der Waals surface area contributed by atoms with Crippen LogP contribution in [-0.2, 0) is 11.2 Å². The van der Waals surface area contributed by atoms with Crippen molar-refractivity contribution in [1.82, 2.24) is 14.9 Å². The zero-order chi connectivity index (χ0) is 17.2. The fourth-order valence-corrected chi connectivity index (χ4v) is 3.09. The lowest BCUT2D eigenvalue weighted by molar-refractivity contribution is -0.130. The maximum absolute atomic E-state index is 12.2. The molecular formula is C18H27N5O. The highest BCUT2D eigenvalue weighted by Gasteiger charge is 2.14. The average molecular weight is 329 g/mol. The van der Waals surface area contributed by atoms with Gasteiger partial charge >= 0.3 is 0 Å². The minimum atomic E-state index is 0.0132. The van der Waals surface area contributed by atoms with Crippen LogP contribution < -0.4 is 5.32 Å². The molecule has 0 bridgehead atoms. The van der Waals surface area contributed by atoms with Crippen LogP contribution in [0, 0.1) is 17.2 Å². The molecule has 0 aliphatic heterocycles. The van der Waals surface area contributed by atoms with Crippen LogP contribution in [0.1, 0.15) is 51.0 Å². The minimum Gasteiger partial charge on any atom is -0.354 e. The third-order valence-corrected chi connectivity index (χ3v) is 4.56. The van der Waals surface area contributed by atoms with E-state index in [1.807, 2.05) is 6.92 Å². The summed E-state index contributed by atoms with van der Waals surface area (Å²) in [5.41, 5.74) is 0.804. The molecule has 6 nitrogen and oxygen atoms in total. The molecule has 2 rings (SSSR count). The third kappa shape index (κ3) is 5.80. The predicted octanol–water partition coefficient (Wildman–Crippen LogP) is 2.77. The van der Waals surface area contributed by atoms with Gasteiger partial charge in [0.2, 0.25) is 11.9 Å². The molecule has 1 aromatic rings. The molecule has 0 atom stereocenters. The van der Waals surface area contributed by atoms with Crippen LogP contribution in [0.15, 0.2) is 12.4 Å². The highest BCUT2D eigenvalue weighted by Crippen LogP contribution is 2.23. The van der Waals surface area contributed by atoms with Gasteiger partial charge in [-0.15, -0.1) is 0 Å². The molecule has 130 valence electrons. The molecule has 1 N–H and O–H groups in total. The fourth-order valence-electron chi connectivity index (χ4n) is 3.09. The number of anilines is 1. The van der Waals surface area contributed by atoms with Crippen molar-refractivity contribution >= 4 is 11.9 Å². The van der Waals surface area contributed by atoms with Gasteiger partial charge in [-0.2, -0.15) is 5.26 Å². The molecule has 0 radical (unpaired) electrons. The largest absolute Gasteiger partial charge is 0.354 e. The van der Waals surface area contributed by atoms with Gasteiger partial charge in [-0.05, 0) is 31.2 Å². The van der Waals surface area contributed by atoms with E-state index >= 15 is 0 Å². The van der Waals surface area contributed by atoms with Gasteiger partial charge in [0.25, 0.3) is 0 Å². The first-order valence-electron chi connectivity index (χ1n) is 8.92. The lowest BCUT2D eigenvalue weighted by Crippen LogP contribution is -2.32. The SMILES string of the molecule is CCN(CCC#N)C(=O)Cc1cnc(NCC2CCCCC2)nc1. The van der Waals surface area contributed by atoms with Crippen molar-refractivity contribution < 1.29 is 4.79 Å². The lowest BCUT2D eigenvalue weighted by atomic mass is 9.89. The Balaban J connectivity index is 1.80. The molecule has 0 aromatic carbocycles. The van der Waals surface area contributed by atoms with E-state index in [0.29, 0.717) is 25.5 Å². The van der Waals surface area contributed by atoms with E-state index in [-0.39, 0.29) is 12.3 Å².